The van der Waals surface area contributed by atoms with Crippen LogP contribution in [-0.4, -0.2) is 52.5 Å². The maximum Gasteiger partial charge on any atom is 0.347 e. The summed E-state index contributed by atoms with van der Waals surface area (Å²) >= 11 is 0. The molecule has 8 heteroatoms. The highest BCUT2D eigenvalue weighted by molar-refractivity contribution is 5.99. The molecule has 2 heterocycles. The molecule has 0 unspecified atom stereocenters. The SMILES string of the molecule is CN(C)CCC=C1c2ccccc2C=Cc2ccccc21.COc1ccc(-c2c(OC)c3c(OC)c4c(cc3oc2=O)OC(C)(C)C=C4)cc1.Cl. The molecule has 0 fully saturated rings. The van der Waals surface area contributed by atoms with Crippen LogP contribution in [0.25, 0.3) is 45.9 Å². The van der Waals surface area contributed by atoms with Crippen molar-refractivity contribution in [2.75, 3.05) is 42.0 Å². The van der Waals surface area contributed by atoms with Crippen LogP contribution >= 0.6 is 12.4 Å². The number of rotatable bonds is 7. The Morgan fingerprint density at radius 2 is 1.39 bits per heavy atom. The summed E-state index contributed by atoms with van der Waals surface area (Å²) in [5.41, 5.74) is 7.72. The van der Waals surface area contributed by atoms with Gasteiger partial charge in [0.15, 0.2) is 0 Å². The normalized spacial score (nSPS) is 13.4. The number of halogens is 1. The molecule has 0 radical (unpaired) electrons. The van der Waals surface area contributed by atoms with E-state index in [2.05, 4.69) is 85.8 Å². The lowest BCUT2D eigenvalue weighted by atomic mass is 9.93. The van der Waals surface area contributed by atoms with Crippen molar-refractivity contribution in [2.24, 2.45) is 0 Å². The zero-order valence-electron chi connectivity index (χ0n) is 30.1. The third-order valence-electron chi connectivity index (χ3n) is 8.79. The van der Waals surface area contributed by atoms with Crippen LogP contribution < -0.4 is 24.6 Å². The van der Waals surface area contributed by atoms with E-state index in [0.717, 1.165) is 18.5 Å². The molecule has 0 amide bonds. The number of ether oxygens (including phenoxy) is 4. The molecule has 1 aliphatic carbocycles. The predicted octanol–water partition coefficient (Wildman–Crippen LogP) is 9.65. The Bertz CT molecular complexity index is 2120. The lowest BCUT2D eigenvalue weighted by Crippen LogP contribution is -2.27. The molecule has 0 N–H and O–H groups in total. The Morgan fingerprint density at radius 3 is 1.96 bits per heavy atom. The lowest BCUT2D eigenvalue weighted by Gasteiger charge is -2.29. The van der Waals surface area contributed by atoms with E-state index in [-0.39, 0.29) is 12.4 Å². The minimum Gasteiger partial charge on any atom is -0.497 e. The fourth-order valence-electron chi connectivity index (χ4n) is 6.34. The topological polar surface area (TPSA) is 70.4 Å². The second-order valence-corrected chi connectivity index (χ2v) is 13.0. The van der Waals surface area contributed by atoms with Crippen LogP contribution in [0.5, 0.6) is 23.0 Å². The Hall–Kier alpha value is -5.24. The first-order chi connectivity index (χ1) is 24.1. The third kappa shape index (κ3) is 7.75. The molecule has 0 spiro atoms. The molecule has 51 heavy (non-hydrogen) atoms. The summed E-state index contributed by atoms with van der Waals surface area (Å²) in [6, 6.07) is 26.1. The van der Waals surface area contributed by atoms with E-state index in [1.807, 2.05) is 26.0 Å². The van der Waals surface area contributed by atoms with Gasteiger partial charge in [0.2, 0.25) is 0 Å². The number of hydrogen-bond acceptors (Lipinski definition) is 7. The molecule has 5 aromatic rings. The van der Waals surface area contributed by atoms with E-state index in [0.29, 0.717) is 45.1 Å². The molecule has 1 aromatic heterocycles. The van der Waals surface area contributed by atoms with E-state index in [1.54, 1.807) is 44.6 Å². The Labute approximate surface area is 305 Å². The summed E-state index contributed by atoms with van der Waals surface area (Å²) in [6.07, 6.45) is 11.8. The van der Waals surface area contributed by atoms with Crippen LogP contribution in [-0.2, 0) is 0 Å². The number of hydrogen-bond donors (Lipinski definition) is 0. The van der Waals surface area contributed by atoms with Crippen molar-refractivity contribution in [1.29, 1.82) is 0 Å². The number of fused-ring (bicyclic) bond motifs is 4. The predicted molar refractivity (Wildman–Crippen MR) is 211 cm³/mol. The number of methoxy groups -OCH3 is 3. The van der Waals surface area contributed by atoms with Crippen molar-refractivity contribution < 1.29 is 23.4 Å². The fraction of sp³-hybridized carbons (Fsp3) is 0.233. The summed E-state index contributed by atoms with van der Waals surface area (Å²) < 4.78 is 28.3. The number of benzene rings is 4. The van der Waals surface area contributed by atoms with Gasteiger partial charge in [-0.3, -0.25) is 0 Å². The summed E-state index contributed by atoms with van der Waals surface area (Å²) in [4.78, 5) is 15.1. The monoisotopic (exact) mass is 705 g/mol. The Kier molecular flexibility index (Phi) is 11.4. The summed E-state index contributed by atoms with van der Waals surface area (Å²) in [5.74, 6) is 2.19. The van der Waals surface area contributed by atoms with Crippen molar-refractivity contribution in [3.05, 3.63) is 129 Å². The largest absolute Gasteiger partial charge is 0.497 e. The van der Waals surface area contributed by atoms with Crippen LogP contribution in [0.15, 0.2) is 100 Å². The molecule has 0 saturated heterocycles. The second-order valence-electron chi connectivity index (χ2n) is 13.0. The third-order valence-corrected chi connectivity index (χ3v) is 8.79. The van der Waals surface area contributed by atoms with Gasteiger partial charge in [0, 0.05) is 12.6 Å². The van der Waals surface area contributed by atoms with Gasteiger partial charge in [-0.25, -0.2) is 4.79 Å². The first kappa shape index (κ1) is 37.0. The Morgan fingerprint density at radius 1 is 0.784 bits per heavy atom. The smallest absolute Gasteiger partial charge is 0.347 e. The molecule has 0 atom stereocenters. The van der Waals surface area contributed by atoms with Crippen LogP contribution in [0.4, 0.5) is 0 Å². The highest BCUT2D eigenvalue weighted by atomic mass is 35.5. The Balaban J connectivity index is 0.000000204. The molecule has 0 bridgehead atoms. The highest BCUT2D eigenvalue weighted by Crippen LogP contribution is 2.47. The molecular weight excluding hydrogens is 662 g/mol. The van der Waals surface area contributed by atoms with Gasteiger partial charge in [0.05, 0.1) is 26.9 Å². The van der Waals surface area contributed by atoms with Crippen LogP contribution in [0.3, 0.4) is 0 Å². The molecule has 2 aliphatic rings. The van der Waals surface area contributed by atoms with Gasteiger partial charge in [0.1, 0.15) is 45.1 Å². The fourth-order valence-corrected chi connectivity index (χ4v) is 6.34. The van der Waals surface area contributed by atoms with Gasteiger partial charge in [-0.15, -0.1) is 12.4 Å². The zero-order valence-corrected chi connectivity index (χ0v) is 30.9. The molecular formula is C43H44ClNO6. The highest BCUT2D eigenvalue weighted by Gasteiger charge is 2.29. The van der Waals surface area contributed by atoms with Crippen molar-refractivity contribution >= 4 is 47.2 Å². The maximum absolute atomic E-state index is 12.9. The molecule has 4 aromatic carbocycles. The van der Waals surface area contributed by atoms with Crippen LogP contribution in [0.1, 0.15) is 48.1 Å². The van der Waals surface area contributed by atoms with E-state index < -0.39 is 11.2 Å². The van der Waals surface area contributed by atoms with E-state index >= 15 is 0 Å². The zero-order chi connectivity index (χ0) is 35.4. The quantitative estimate of drug-likeness (QED) is 0.153. The molecule has 264 valence electrons. The summed E-state index contributed by atoms with van der Waals surface area (Å²) in [7, 11) is 8.92. The maximum atomic E-state index is 12.9. The first-order valence-corrected chi connectivity index (χ1v) is 16.6. The van der Waals surface area contributed by atoms with Gasteiger partial charge in [-0.05, 0) is 92.0 Å². The van der Waals surface area contributed by atoms with Gasteiger partial charge >= 0.3 is 5.63 Å². The summed E-state index contributed by atoms with van der Waals surface area (Å²) in [5, 5.41) is 0.576. The van der Waals surface area contributed by atoms with Gasteiger partial charge in [-0.1, -0.05) is 78.9 Å². The molecule has 7 rings (SSSR count). The van der Waals surface area contributed by atoms with Crippen molar-refractivity contribution in [1.82, 2.24) is 4.90 Å². The van der Waals surface area contributed by atoms with E-state index in [4.69, 9.17) is 23.4 Å². The van der Waals surface area contributed by atoms with Crippen molar-refractivity contribution in [2.45, 2.75) is 25.9 Å². The molecule has 0 saturated carbocycles. The van der Waals surface area contributed by atoms with E-state index in [9.17, 15) is 4.79 Å². The van der Waals surface area contributed by atoms with E-state index in [1.165, 1.54) is 34.9 Å². The number of nitrogens with zero attached hydrogens (tertiary/aromatic N) is 1. The van der Waals surface area contributed by atoms with Crippen molar-refractivity contribution in [3.8, 4) is 34.1 Å². The lowest BCUT2D eigenvalue weighted by molar-refractivity contribution is 0.158. The minimum atomic E-state index is -0.507. The minimum absolute atomic E-state index is 0. The first-order valence-electron chi connectivity index (χ1n) is 16.6. The molecule has 1 aliphatic heterocycles. The average Bonchev–Trinajstić information content (AvgIpc) is 3.27. The summed E-state index contributed by atoms with van der Waals surface area (Å²) in [6.45, 7) is 4.97. The second kappa shape index (κ2) is 15.8. The van der Waals surface area contributed by atoms with Crippen LogP contribution in [0.2, 0.25) is 0 Å². The van der Waals surface area contributed by atoms with Crippen molar-refractivity contribution in [3.63, 3.8) is 0 Å². The van der Waals surface area contributed by atoms with Gasteiger partial charge in [-0.2, -0.15) is 0 Å². The average molecular weight is 706 g/mol. The van der Waals surface area contributed by atoms with Gasteiger partial charge in [0.25, 0.3) is 0 Å². The standard InChI is InChI=1S/C23H22O6.C20H21N.ClH/c1-23(2)11-10-15-16(29-23)12-17-19(20(15)26-4)21(27-5)18(22(24)28-17)13-6-8-14(25-3)9-7-13;1-21(2)15-7-12-20-18-10-5-3-8-16(18)13-14-17-9-4-6-11-19(17)20;/h6-12H,1-5H3;3-6,8-14H,7,15H2,1-2H3;1H. The van der Waals surface area contributed by atoms with Gasteiger partial charge < -0.3 is 28.3 Å². The van der Waals surface area contributed by atoms with Crippen LogP contribution in [0, 0.1) is 0 Å². The molecule has 7 nitrogen and oxygen atoms in total.